The maximum absolute atomic E-state index is 11.5. The molecular formula is C11H17N3O2S. The molecule has 5 N–H and O–H groups in total. The number of hydrogen-bond donors (Lipinski definition) is 3. The lowest BCUT2D eigenvalue weighted by Gasteiger charge is -2.15. The van der Waals surface area contributed by atoms with Crippen molar-refractivity contribution in [2.24, 2.45) is 5.84 Å². The number of methoxy groups -OCH3 is 1. The highest BCUT2D eigenvalue weighted by Crippen LogP contribution is 2.34. The molecule has 0 fully saturated rings. The van der Waals surface area contributed by atoms with Gasteiger partial charge in [-0.25, -0.2) is 5.84 Å². The number of nitrogens with one attached hydrogen (secondary N) is 1. The highest BCUT2D eigenvalue weighted by molar-refractivity contribution is 8.00. The first-order valence-corrected chi connectivity index (χ1v) is 6.11. The quantitative estimate of drug-likeness (QED) is 0.241. The minimum atomic E-state index is -0.238. The molecule has 94 valence electrons. The standard InChI is InChI=1S/C11H17N3O2S/c1-3-9(11(15)14-13)17-10-5-4-7(12)6-8(10)16-2/h4-6,9H,3,12-13H2,1-2H3,(H,14,15). The summed E-state index contributed by atoms with van der Waals surface area (Å²) in [6.07, 6.45) is 0.682. The number of carbonyl (C=O) groups is 1. The topological polar surface area (TPSA) is 90.4 Å². The zero-order valence-corrected chi connectivity index (χ0v) is 10.7. The van der Waals surface area contributed by atoms with Gasteiger partial charge in [-0.05, 0) is 18.6 Å². The van der Waals surface area contributed by atoms with E-state index in [1.165, 1.54) is 11.8 Å². The van der Waals surface area contributed by atoms with Crippen LogP contribution in [-0.4, -0.2) is 18.3 Å². The number of hydrogen-bond acceptors (Lipinski definition) is 5. The zero-order valence-electron chi connectivity index (χ0n) is 9.90. The summed E-state index contributed by atoms with van der Waals surface area (Å²) < 4.78 is 5.22. The van der Waals surface area contributed by atoms with E-state index in [2.05, 4.69) is 5.43 Å². The van der Waals surface area contributed by atoms with Gasteiger partial charge in [-0.1, -0.05) is 6.92 Å². The van der Waals surface area contributed by atoms with Crippen LogP contribution in [0.25, 0.3) is 0 Å². The van der Waals surface area contributed by atoms with Gasteiger partial charge in [-0.15, -0.1) is 11.8 Å². The molecule has 1 unspecified atom stereocenters. The molecule has 0 saturated carbocycles. The second kappa shape index (κ2) is 6.36. The van der Waals surface area contributed by atoms with Crippen molar-refractivity contribution in [2.45, 2.75) is 23.5 Å². The first kappa shape index (κ1) is 13.7. The molecule has 1 aromatic rings. The van der Waals surface area contributed by atoms with Crippen molar-refractivity contribution in [3.05, 3.63) is 18.2 Å². The molecule has 1 rings (SSSR count). The molecule has 0 aliphatic heterocycles. The van der Waals surface area contributed by atoms with Crippen molar-refractivity contribution < 1.29 is 9.53 Å². The lowest BCUT2D eigenvalue weighted by atomic mass is 10.3. The average molecular weight is 255 g/mol. The van der Waals surface area contributed by atoms with Gasteiger partial charge in [0.05, 0.1) is 17.3 Å². The van der Waals surface area contributed by atoms with Crippen LogP contribution in [0.5, 0.6) is 5.75 Å². The SMILES string of the molecule is CCC(Sc1ccc(N)cc1OC)C(=O)NN. The Morgan fingerprint density at radius 3 is 2.82 bits per heavy atom. The van der Waals surface area contributed by atoms with Crippen molar-refractivity contribution in [3.8, 4) is 5.75 Å². The first-order valence-electron chi connectivity index (χ1n) is 5.23. The molecule has 17 heavy (non-hydrogen) atoms. The summed E-state index contributed by atoms with van der Waals surface area (Å²) in [6, 6.07) is 5.35. The Morgan fingerprint density at radius 2 is 2.29 bits per heavy atom. The van der Waals surface area contributed by atoms with E-state index in [-0.39, 0.29) is 11.2 Å². The van der Waals surface area contributed by atoms with Gasteiger partial charge in [0.15, 0.2) is 0 Å². The summed E-state index contributed by atoms with van der Waals surface area (Å²) in [5.74, 6) is 5.60. The van der Waals surface area contributed by atoms with Crippen LogP contribution in [0.4, 0.5) is 5.69 Å². The molecule has 0 bridgehead atoms. The third-order valence-corrected chi connectivity index (χ3v) is 3.69. The molecule has 0 heterocycles. The first-order chi connectivity index (χ1) is 8.12. The molecule has 1 amide bonds. The molecule has 1 atom stereocenters. The molecule has 0 aromatic heterocycles. The van der Waals surface area contributed by atoms with Crippen molar-refractivity contribution in [3.63, 3.8) is 0 Å². The molecule has 0 saturated heterocycles. The lowest BCUT2D eigenvalue weighted by Crippen LogP contribution is -2.37. The maximum Gasteiger partial charge on any atom is 0.247 e. The summed E-state index contributed by atoms with van der Waals surface area (Å²) in [5, 5.41) is -0.238. The average Bonchev–Trinajstić information content (AvgIpc) is 2.36. The van der Waals surface area contributed by atoms with Gasteiger partial charge >= 0.3 is 0 Å². The van der Waals surface area contributed by atoms with E-state index in [0.717, 1.165) is 4.90 Å². The highest BCUT2D eigenvalue weighted by Gasteiger charge is 2.18. The third-order valence-electron chi connectivity index (χ3n) is 2.26. The molecule has 6 heteroatoms. The predicted molar refractivity (Wildman–Crippen MR) is 69.7 cm³/mol. The Balaban J connectivity index is 2.89. The normalized spacial score (nSPS) is 11.9. The third kappa shape index (κ3) is 3.54. The van der Waals surface area contributed by atoms with Crippen molar-refractivity contribution in [1.82, 2.24) is 5.43 Å². The summed E-state index contributed by atoms with van der Waals surface area (Å²) in [4.78, 5) is 12.4. The summed E-state index contributed by atoms with van der Waals surface area (Å²) in [7, 11) is 1.57. The number of nitrogen functional groups attached to an aromatic ring is 1. The van der Waals surface area contributed by atoms with Crippen LogP contribution in [0.15, 0.2) is 23.1 Å². The fourth-order valence-corrected chi connectivity index (χ4v) is 2.40. The second-order valence-corrected chi connectivity index (χ2v) is 4.68. The largest absolute Gasteiger partial charge is 0.496 e. The Hall–Kier alpha value is -1.40. The van der Waals surface area contributed by atoms with Gasteiger partial charge in [0.25, 0.3) is 0 Å². The number of benzene rings is 1. The number of anilines is 1. The van der Waals surface area contributed by atoms with Gasteiger partial charge in [0.1, 0.15) is 5.75 Å². The number of ether oxygens (including phenoxy) is 1. The van der Waals surface area contributed by atoms with Crippen LogP contribution in [0.1, 0.15) is 13.3 Å². The Morgan fingerprint density at radius 1 is 1.59 bits per heavy atom. The zero-order chi connectivity index (χ0) is 12.8. The molecule has 0 spiro atoms. The molecule has 1 aromatic carbocycles. The highest BCUT2D eigenvalue weighted by atomic mass is 32.2. The minimum absolute atomic E-state index is 0.198. The number of carbonyl (C=O) groups excluding carboxylic acids is 1. The molecule has 0 aliphatic rings. The van der Waals surface area contributed by atoms with E-state index in [4.69, 9.17) is 16.3 Å². The number of hydrazine groups is 1. The van der Waals surface area contributed by atoms with Gasteiger partial charge < -0.3 is 10.5 Å². The number of thioether (sulfide) groups is 1. The van der Waals surface area contributed by atoms with E-state index in [1.54, 1.807) is 19.2 Å². The summed E-state index contributed by atoms with van der Waals surface area (Å²) in [5.41, 5.74) is 8.45. The smallest absolute Gasteiger partial charge is 0.247 e. The van der Waals surface area contributed by atoms with Crippen LogP contribution in [0.2, 0.25) is 0 Å². The Kier molecular flexibility index (Phi) is 5.11. The minimum Gasteiger partial charge on any atom is -0.496 e. The Bertz CT molecular complexity index is 398. The van der Waals surface area contributed by atoms with Gasteiger partial charge in [0.2, 0.25) is 5.91 Å². The van der Waals surface area contributed by atoms with E-state index < -0.39 is 0 Å². The second-order valence-electron chi connectivity index (χ2n) is 3.43. The van der Waals surface area contributed by atoms with Crippen LogP contribution in [0.3, 0.4) is 0 Å². The lowest BCUT2D eigenvalue weighted by molar-refractivity contribution is -0.120. The maximum atomic E-state index is 11.5. The fourth-order valence-electron chi connectivity index (χ4n) is 1.35. The van der Waals surface area contributed by atoms with Gasteiger partial charge in [-0.2, -0.15) is 0 Å². The van der Waals surface area contributed by atoms with Crippen LogP contribution in [-0.2, 0) is 4.79 Å². The molecule has 0 aliphatic carbocycles. The van der Waals surface area contributed by atoms with Crippen molar-refractivity contribution >= 4 is 23.4 Å². The number of nitrogens with two attached hydrogens (primary N) is 2. The fraction of sp³-hybridized carbons (Fsp3) is 0.364. The van der Waals surface area contributed by atoms with Crippen molar-refractivity contribution in [1.29, 1.82) is 0 Å². The summed E-state index contributed by atoms with van der Waals surface area (Å²) >= 11 is 1.41. The van der Waals surface area contributed by atoms with E-state index in [9.17, 15) is 4.79 Å². The predicted octanol–water partition coefficient (Wildman–Crippen LogP) is 1.14. The molecule has 5 nitrogen and oxygen atoms in total. The van der Waals surface area contributed by atoms with E-state index in [0.29, 0.717) is 17.9 Å². The summed E-state index contributed by atoms with van der Waals surface area (Å²) in [6.45, 7) is 1.93. The van der Waals surface area contributed by atoms with Crippen molar-refractivity contribution in [2.75, 3.05) is 12.8 Å². The van der Waals surface area contributed by atoms with Crippen LogP contribution >= 0.6 is 11.8 Å². The van der Waals surface area contributed by atoms with Gasteiger partial charge in [0, 0.05) is 11.8 Å². The van der Waals surface area contributed by atoms with E-state index >= 15 is 0 Å². The van der Waals surface area contributed by atoms with E-state index in [1.807, 2.05) is 13.0 Å². The monoisotopic (exact) mass is 255 g/mol. The molecular weight excluding hydrogens is 238 g/mol. The number of amides is 1. The van der Waals surface area contributed by atoms with Crippen LogP contribution in [0, 0.1) is 0 Å². The van der Waals surface area contributed by atoms with Gasteiger partial charge in [-0.3, -0.25) is 10.2 Å². The number of rotatable bonds is 5. The van der Waals surface area contributed by atoms with Crippen LogP contribution < -0.4 is 21.7 Å². The Labute approximate surface area is 105 Å². The molecule has 0 radical (unpaired) electrons.